The highest BCUT2D eigenvalue weighted by atomic mass is 14.3. The van der Waals surface area contributed by atoms with Crippen LogP contribution in [0.3, 0.4) is 0 Å². The molecule has 0 unspecified atom stereocenters. The van der Waals surface area contributed by atoms with Crippen LogP contribution in [0.2, 0.25) is 0 Å². The molecule has 0 heterocycles. The first kappa shape index (κ1) is 7.11. The first-order chi connectivity index (χ1) is 5.97. The number of hydrogen-bond acceptors (Lipinski definition) is 0. The monoisotopic (exact) mass is 155 g/mol. The van der Waals surface area contributed by atoms with Crippen LogP contribution in [0.25, 0.3) is 11.1 Å². The Bertz CT molecular complexity index is 297. The van der Waals surface area contributed by atoms with Gasteiger partial charge in [0.2, 0.25) is 0 Å². The molecule has 0 spiro atoms. The maximum atomic E-state index is 2.12. The lowest BCUT2D eigenvalue weighted by Crippen LogP contribution is -1.73. The molecule has 0 saturated heterocycles. The van der Waals surface area contributed by atoms with Crippen molar-refractivity contribution >= 4 is 0 Å². The molecule has 2 rings (SSSR count). The van der Waals surface area contributed by atoms with E-state index in [1.807, 2.05) is 12.1 Å². The van der Waals surface area contributed by atoms with E-state index in [2.05, 4.69) is 48.5 Å². The Kier molecular flexibility index (Phi) is 1.91. The van der Waals surface area contributed by atoms with Gasteiger partial charge in [0, 0.05) is 0 Å². The molecule has 0 aliphatic carbocycles. The second kappa shape index (κ2) is 3.22. The lowest BCUT2D eigenvalue weighted by Gasteiger charge is -1.98. The Morgan fingerprint density at radius 2 is 0.750 bits per heavy atom. The fourth-order valence-electron chi connectivity index (χ4n) is 1.26. The summed E-state index contributed by atoms with van der Waals surface area (Å²) < 4.78 is 0. The normalized spacial score (nSPS) is 9.67. The molecule has 0 aliphatic rings. The second-order valence-electron chi connectivity index (χ2n) is 2.73. The molecule has 12 heavy (non-hydrogen) atoms. The maximum absolute atomic E-state index is 2.12. The van der Waals surface area contributed by atoms with Gasteiger partial charge in [-0.3, -0.25) is 0 Å². The van der Waals surface area contributed by atoms with E-state index in [0.29, 0.717) is 0 Å². The molecule has 0 nitrogen and oxygen atoms in total. The van der Waals surface area contributed by atoms with Gasteiger partial charge in [0.1, 0.15) is 0 Å². The zero-order valence-electron chi connectivity index (χ0n) is 6.77. The zero-order chi connectivity index (χ0) is 8.23. The van der Waals surface area contributed by atoms with Crippen LogP contribution in [0.1, 0.15) is 0 Å². The fourth-order valence-corrected chi connectivity index (χ4v) is 1.26. The third kappa shape index (κ3) is 1.37. The molecule has 0 N–H and O–H groups in total. The predicted molar refractivity (Wildman–Crippen MR) is 51.9 cm³/mol. The number of rotatable bonds is 1. The van der Waals surface area contributed by atoms with Crippen LogP contribution in [0.5, 0.6) is 0 Å². The standard InChI is InChI=1S/C12H10/c1-3-7-11(8-4-1)12-9-5-2-6-10-12/h1-10H/i11+1. The van der Waals surface area contributed by atoms with E-state index < -0.39 is 0 Å². The summed E-state index contributed by atoms with van der Waals surface area (Å²) in [7, 11) is 0. The molecule has 0 atom stereocenters. The van der Waals surface area contributed by atoms with Crippen molar-refractivity contribution in [3.63, 3.8) is 0 Å². The van der Waals surface area contributed by atoms with Gasteiger partial charge in [-0.25, -0.2) is 0 Å². The highest BCUT2D eigenvalue weighted by Crippen LogP contribution is 2.17. The van der Waals surface area contributed by atoms with E-state index in [4.69, 9.17) is 0 Å². The number of benzene rings is 2. The molecule has 0 heteroatoms. The van der Waals surface area contributed by atoms with Gasteiger partial charge >= 0.3 is 0 Å². The third-order valence-corrected chi connectivity index (χ3v) is 1.88. The fraction of sp³-hybridized carbons (Fsp3) is 0. The first-order valence-electron chi connectivity index (χ1n) is 4.07. The van der Waals surface area contributed by atoms with Gasteiger partial charge in [-0.2, -0.15) is 0 Å². The molecule has 2 aromatic carbocycles. The molecule has 0 fully saturated rings. The SMILES string of the molecule is c1ccc(-[13c]2ccccc2)cc1. The summed E-state index contributed by atoms with van der Waals surface area (Å²) in [6.07, 6.45) is 0. The van der Waals surface area contributed by atoms with E-state index in [0.717, 1.165) is 0 Å². The molecule has 58 valence electrons. The Morgan fingerprint density at radius 1 is 0.417 bits per heavy atom. The van der Waals surface area contributed by atoms with Crippen LogP contribution in [0.4, 0.5) is 0 Å². The topological polar surface area (TPSA) is 0 Å². The van der Waals surface area contributed by atoms with Gasteiger partial charge in [0.25, 0.3) is 0 Å². The smallest absolute Gasteiger partial charge is 0.0184 e. The maximum Gasteiger partial charge on any atom is -0.0184 e. The average Bonchev–Trinajstić information content (AvgIpc) is 2.21. The van der Waals surface area contributed by atoms with Crippen molar-refractivity contribution in [3.8, 4) is 11.1 Å². The van der Waals surface area contributed by atoms with Gasteiger partial charge < -0.3 is 0 Å². The minimum absolute atomic E-state index is 1.28. The van der Waals surface area contributed by atoms with Crippen molar-refractivity contribution in [3.05, 3.63) is 60.7 Å². The minimum atomic E-state index is 1.28. The van der Waals surface area contributed by atoms with Crippen molar-refractivity contribution in [2.75, 3.05) is 0 Å². The van der Waals surface area contributed by atoms with Crippen LogP contribution < -0.4 is 0 Å². The van der Waals surface area contributed by atoms with Crippen LogP contribution in [-0.4, -0.2) is 0 Å². The quantitative estimate of drug-likeness (QED) is 0.592. The Labute approximate surface area is 72.5 Å². The third-order valence-electron chi connectivity index (χ3n) is 1.88. The van der Waals surface area contributed by atoms with Gasteiger partial charge in [-0.15, -0.1) is 0 Å². The molecular weight excluding hydrogens is 145 g/mol. The van der Waals surface area contributed by atoms with Crippen LogP contribution in [-0.2, 0) is 0 Å². The predicted octanol–water partition coefficient (Wildman–Crippen LogP) is 3.35. The molecule has 0 saturated carbocycles. The molecule has 0 amide bonds. The minimum Gasteiger partial charge on any atom is -0.0622 e. The summed E-state index contributed by atoms with van der Waals surface area (Å²) in [6.45, 7) is 0. The van der Waals surface area contributed by atoms with Gasteiger partial charge in [-0.1, -0.05) is 60.7 Å². The van der Waals surface area contributed by atoms with Crippen molar-refractivity contribution in [2.24, 2.45) is 0 Å². The second-order valence-corrected chi connectivity index (χ2v) is 2.73. The average molecular weight is 155 g/mol. The molecule has 0 aromatic heterocycles. The van der Waals surface area contributed by atoms with Crippen LogP contribution in [0.15, 0.2) is 60.7 Å². The summed E-state index contributed by atoms with van der Waals surface area (Å²) in [5, 5.41) is 0. The highest BCUT2D eigenvalue weighted by molar-refractivity contribution is 5.62. The molecule has 2 aromatic rings. The van der Waals surface area contributed by atoms with Crippen molar-refractivity contribution in [1.29, 1.82) is 0 Å². The Balaban J connectivity index is 2.46. The zero-order valence-corrected chi connectivity index (χ0v) is 6.77. The summed E-state index contributed by atoms with van der Waals surface area (Å²) in [5.74, 6) is 0. The lowest BCUT2D eigenvalue weighted by molar-refractivity contribution is 1.62. The van der Waals surface area contributed by atoms with Crippen LogP contribution >= 0.6 is 0 Å². The first-order valence-corrected chi connectivity index (χ1v) is 4.07. The molecule has 0 aliphatic heterocycles. The van der Waals surface area contributed by atoms with Gasteiger partial charge in [0.15, 0.2) is 0 Å². The van der Waals surface area contributed by atoms with Crippen molar-refractivity contribution in [2.45, 2.75) is 0 Å². The van der Waals surface area contributed by atoms with Gasteiger partial charge in [-0.05, 0) is 11.1 Å². The van der Waals surface area contributed by atoms with Crippen molar-refractivity contribution in [1.82, 2.24) is 0 Å². The summed E-state index contributed by atoms with van der Waals surface area (Å²) in [5.41, 5.74) is 2.55. The lowest BCUT2D eigenvalue weighted by atomic mass is 10.2. The molecular formula is C12H10. The van der Waals surface area contributed by atoms with E-state index in [1.54, 1.807) is 0 Å². The van der Waals surface area contributed by atoms with E-state index in [9.17, 15) is 0 Å². The largest absolute Gasteiger partial charge is 0.0622 e. The van der Waals surface area contributed by atoms with Gasteiger partial charge in [0.05, 0.1) is 0 Å². The van der Waals surface area contributed by atoms with Crippen molar-refractivity contribution < 1.29 is 0 Å². The van der Waals surface area contributed by atoms with Crippen LogP contribution in [0, 0.1) is 0 Å². The Morgan fingerprint density at radius 3 is 1.08 bits per heavy atom. The summed E-state index contributed by atoms with van der Waals surface area (Å²) >= 11 is 0. The Hall–Kier alpha value is -1.56. The molecule has 0 radical (unpaired) electrons. The van der Waals surface area contributed by atoms with E-state index >= 15 is 0 Å². The highest BCUT2D eigenvalue weighted by Gasteiger charge is 1.91. The van der Waals surface area contributed by atoms with E-state index in [1.165, 1.54) is 11.1 Å². The number of hydrogen-bond donors (Lipinski definition) is 0. The van der Waals surface area contributed by atoms with E-state index in [-0.39, 0.29) is 0 Å². The molecule has 0 bridgehead atoms. The summed E-state index contributed by atoms with van der Waals surface area (Å²) in [6, 6.07) is 20.8. The summed E-state index contributed by atoms with van der Waals surface area (Å²) in [4.78, 5) is 0.